The van der Waals surface area contributed by atoms with Crippen molar-refractivity contribution >= 4 is 11.5 Å². The van der Waals surface area contributed by atoms with Gasteiger partial charge in [0.15, 0.2) is 0 Å². The van der Waals surface area contributed by atoms with E-state index < -0.39 is 0 Å². The van der Waals surface area contributed by atoms with Gasteiger partial charge in [-0.05, 0) is 37.5 Å². The Balaban J connectivity index is 1.76. The Morgan fingerprint density at radius 2 is 2.00 bits per heavy atom. The Morgan fingerprint density at radius 1 is 1.23 bits per heavy atom. The Hall–Kier alpha value is -2.30. The number of nitrogens with zero attached hydrogens (tertiary/aromatic N) is 3. The molecular formula is C17H22N4O. The largest absolute Gasteiger partial charge is 0.372 e. The molecule has 5 heteroatoms. The predicted molar refractivity (Wildman–Crippen MR) is 89.4 cm³/mol. The lowest BCUT2D eigenvalue weighted by Crippen LogP contribution is -2.19. The van der Waals surface area contributed by atoms with Crippen molar-refractivity contribution in [2.24, 2.45) is 7.05 Å². The van der Waals surface area contributed by atoms with Crippen LogP contribution >= 0.6 is 0 Å². The summed E-state index contributed by atoms with van der Waals surface area (Å²) in [6.07, 6.45) is 4.09. The summed E-state index contributed by atoms with van der Waals surface area (Å²) in [5.41, 5.74) is 2.42. The molecule has 1 atom stereocenters. The van der Waals surface area contributed by atoms with Crippen molar-refractivity contribution in [2.75, 3.05) is 23.3 Å². The monoisotopic (exact) mass is 298 g/mol. The predicted octanol–water partition coefficient (Wildman–Crippen LogP) is 2.55. The summed E-state index contributed by atoms with van der Waals surface area (Å²) in [5, 5.41) is 3.30. The first kappa shape index (κ1) is 14.6. The maximum Gasteiger partial charge on any atom is 0.255 e. The molecule has 5 nitrogen and oxygen atoms in total. The Labute approximate surface area is 130 Å². The summed E-state index contributed by atoms with van der Waals surface area (Å²) in [4.78, 5) is 18.3. The molecule has 0 bridgehead atoms. The second kappa shape index (κ2) is 6.22. The minimum absolute atomic E-state index is 0.0597. The van der Waals surface area contributed by atoms with Crippen LogP contribution in [0.4, 0.5) is 11.5 Å². The number of anilines is 2. The lowest BCUT2D eigenvalue weighted by Gasteiger charge is -2.21. The Morgan fingerprint density at radius 3 is 2.73 bits per heavy atom. The van der Waals surface area contributed by atoms with Gasteiger partial charge in [0.25, 0.3) is 5.56 Å². The number of hydrogen-bond donors (Lipinski definition) is 1. The minimum atomic E-state index is -0.0597. The first-order chi connectivity index (χ1) is 10.6. The molecule has 0 spiro atoms. The summed E-state index contributed by atoms with van der Waals surface area (Å²) in [6, 6.07) is 10.2. The number of aryl methyl sites for hydroxylation is 1. The highest BCUT2D eigenvalue weighted by Crippen LogP contribution is 2.25. The fourth-order valence-corrected chi connectivity index (χ4v) is 2.81. The van der Waals surface area contributed by atoms with Gasteiger partial charge in [-0.25, -0.2) is 4.98 Å². The van der Waals surface area contributed by atoms with E-state index in [1.54, 1.807) is 7.05 Å². The molecule has 1 unspecified atom stereocenters. The molecule has 116 valence electrons. The van der Waals surface area contributed by atoms with Crippen molar-refractivity contribution in [2.45, 2.75) is 25.8 Å². The van der Waals surface area contributed by atoms with Crippen molar-refractivity contribution < 1.29 is 0 Å². The van der Waals surface area contributed by atoms with Crippen molar-refractivity contribution in [3.63, 3.8) is 0 Å². The molecule has 0 saturated carbocycles. The van der Waals surface area contributed by atoms with Gasteiger partial charge >= 0.3 is 0 Å². The maximum absolute atomic E-state index is 11.7. The van der Waals surface area contributed by atoms with Crippen LogP contribution in [0.5, 0.6) is 0 Å². The van der Waals surface area contributed by atoms with Gasteiger partial charge in [0, 0.05) is 31.9 Å². The molecular weight excluding hydrogens is 276 g/mol. The molecule has 3 rings (SSSR count). The summed E-state index contributed by atoms with van der Waals surface area (Å²) in [5.74, 6) is 0.613. The zero-order chi connectivity index (χ0) is 15.5. The highest BCUT2D eigenvalue weighted by atomic mass is 16.1. The van der Waals surface area contributed by atoms with Crippen LogP contribution in [0.25, 0.3) is 0 Å². The van der Waals surface area contributed by atoms with Gasteiger partial charge in [0.1, 0.15) is 5.82 Å². The third-order valence-corrected chi connectivity index (χ3v) is 4.18. The zero-order valence-corrected chi connectivity index (χ0v) is 13.1. The van der Waals surface area contributed by atoms with Crippen LogP contribution < -0.4 is 15.8 Å². The molecule has 1 fully saturated rings. The van der Waals surface area contributed by atoms with Crippen LogP contribution in [0, 0.1) is 0 Å². The van der Waals surface area contributed by atoms with E-state index in [0.29, 0.717) is 5.82 Å². The van der Waals surface area contributed by atoms with Crippen LogP contribution in [0.3, 0.4) is 0 Å². The topological polar surface area (TPSA) is 50.2 Å². The summed E-state index contributed by atoms with van der Waals surface area (Å²) < 4.78 is 1.46. The molecule has 1 saturated heterocycles. The molecule has 0 radical (unpaired) electrons. The molecule has 1 aromatic carbocycles. The van der Waals surface area contributed by atoms with Crippen LogP contribution in [-0.4, -0.2) is 22.6 Å². The van der Waals surface area contributed by atoms with E-state index in [2.05, 4.69) is 46.4 Å². The lowest BCUT2D eigenvalue weighted by molar-refractivity contribution is 0.809. The van der Waals surface area contributed by atoms with E-state index in [1.807, 2.05) is 0 Å². The van der Waals surface area contributed by atoms with Crippen molar-refractivity contribution in [1.29, 1.82) is 0 Å². The molecule has 1 aliphatic rings. The van der Waals surface area contributed by atoms with Gasteiger partial charge in [-0.3, -0.25) is 4.79 Å². The molecule has 2 heterocycles. The number of nitrogens with one attached hydrogen (secondary N) is 1. The molecule has 0 amide bonds. The third kappa shape index (κ3) is 3.13. The highest BCUT2D eigenvalue weighted by Gasteiger charge is 2.14. The highest BCUT2D eigenvalue weighted by molar-refractivity contribution is 5.51. The van der Waals surface area contributed by atoms with E-state index >= 15 is 0 Å². The zero-order valence-electron chi connectivity index (χ0n) is 13.1. The number of benzene rings is 1. The van der Waals surface area contributed by atoms with Crippen molar-refractivity contribution in [1.82, 2.24) is 9.55 Å². The normalized spacial score (nSPS) is 15.8. The molecule has 22 heavy (non-hydrogen) atoms. The van der Waals surface area contributed by atoms with E-state index in [0.717, 1.165) is 13.1 Å². The first-order valence-electron chi connectivity index (χ1n) is 7.77. The quantitative estimate of drug-likeness (QED) is 0.942. The number of aromatic nitrogens is 2. The average molecular weight is 298 g/mol. The number of rotatable bonds is 4. The van der Waals surface area contributed by atoms with Crippen LogP contribution in [0.1, 0.15) is 31.4 Å². The third-order valence-electron chi connectivity index (χ3n) is 4.18. The fraction of sp³-hybridized carbons (Fsp3) is 0.412. The fourth-order valence-electron chi connectivity index (χ4n) is 2.81. The van der Waals surface area contributed by atoms with Crippen LogP contribution in [-0.2, 0) is 7.05 Å². The van der Waals surface area contributed by atoms with Gasteiger partial charge in [0.2, 0.25) is 0 Å². The minimum Gasteiger partial charge on any atom is -0.372 e. The first-order valence-corrected chi connectivity index (χ1v) is 7.77. The average Bonchev–Trinajstić information content (AvgIpc) is 3.05. The Bertz CT molecular complexity index is 704. The van der Waals surface area contributed by atoms with Gasteiger partial charge in [-0.15, -0.1) is 0 Å². The standard InChI is InChI=1S/C17H22N4O/c1-13(19-16-11-17(22)20(2)12-18-16)14-6-5-7-15(10-14)21-8-3-4-9-21/h5-7,10-13,19H,3-4,8-9H2,1-2H3. The summed E-state index contributed by atoms with van der Waals surface area (Å²) >= 11 is 0. The van der Waals surface area contributed by atoms with Gasteiger partial charge in [-0.1, -0.05) is 12.1 Å². The second-order valence-electron chi connectivity index (χ2n) is 5.88. The van der Waals surface area contributed by atoms with Crippen LogP contribution in [0.15, 0.2) is 41.5 Å². The van der Waals surface area contributed by atoms with Crippen molar-refractivity contribution in [3.05, 3.63) is 52.6 Å². The van der Waals surface area contributed by atoms with Gasteiger partial charge < -0.3 is 14.8 Å². The SMILES string of the molecule is CC(Nc1cc(=O)n(C)cn1)c1cccc(N2CCCC2)c1. The van der Waals surface area contributed by atoms with Crippen LogP contribution in [0.2, 0.25) is 0 Å². The van der Waals surface area contributed by atoms with E-state index in [1.165, 1.54) is 41.1 Å². The van der Waals surface area contributed by atoms with Gasteiger partial charge in [0.05, 0.1) is 12.4 Å². The Kier molecular flexibility index (Phi) is 4.13. The van der Waals surface area contributed by atoms with E-state index in [9.17, 15) is 4.79 Å². The van der Waals surface area contributed by atoms with E-state index in [-0.39, 0.29) is 11.6 Å². The molecule has 1 aromatic heterocycles. The van der Waals surface area contributed by atoms with Gasteiger partial charge in [-0.2, -0.15) is 0 Å². The summed E-state index contributed by atoms with van der Waals surface area (Å²) in [6.45, 7) is 4.37. The number of hydrogen-bond acceptors (Lipinski definition) is 4. The molecule has 2 aromatic rings. The lowest BCUT2D eigenvalue weighted by atomic mass is 10.1. The maximum atomic E-state index is 11.7. The molecule has 0 aliphatic carbocycles. The van der Waals surface area contributed by atoms with E-state index in [4.69, 9.17) is 0 Å². The summed E-state index contributed by atoms with van der Waals surface area (Å²) in [7, 11) is 1.70. The second-order valence-corrected chi connectivity index (χ2v) is 5.88. The smallest absolute Gasteiger partial charge is 0.255 e. The van der Waals surface area contributed by atoms with Crippen molar-refractivity contribution in [3.8, 4) is 0 Å². The molecule has 1 aliphatic heterocycles. The molecule has 1 N–H and O–H groups in total.